The number of para-hydroxylation sites is 2. The van der Waals surface area contributed by atoms with E-state index in [4.69, 9.17) is 9.47 Å². The lowest BCUT2D eigenvalue weighted by Crippen LogP contribution is -2.13. The van der Waals surface area contributed by atoms with Crippen molar-refractivity contribution in [2.75, 3.05) is 11.9 Å². The van der Waals surface area contributed by atoms with Gasteiger partial charge >= 0.3 is 5.97 Å². The van der Waals surface area contributed by atoms with E-state index in [1.165, 1.54) is 0 Å². The smallest absolute Gasteiger partial charge is 0.338 e. The Morgan fingerprint density at radius 1 is 0.857 bits per heavy atom. The monoisotopic (exact) mass is 375 g/mol. The number of ether oxygens (including phenoxy) is 2. The number of hydrogen-bond donors (Lipinski definition) is 1. The van der Waals surface area contributed by atoms with Gasteiger partial charge in [-0.15, -0.1) is 0 Å². The van der Waals surface area contributed by atoms with Crippen LogP contribution in [0.15, 0.2) is 78.9 Å². The van der Waals surface area contributed by atoms with E-state index < -0.39 is 0 Å². The van der Waals surface area contributed by atoms with E-state index >= 15 is 0 Å². The van der Waals surface area contributed by atoms with Crippen molar-refractivity contribution in [2.45, 2.75) is 13.3 Å². The van der Waals surface area contributed by atoms with Crippen LogP contribution in [0, 0.1) is 0 Å². The van der Waals surface area contributed by atoms with Gasteiger partial charge in [0.25, 0.3) is 5.91 Å². The number of esters is 1. The van der Waals surface area contributed by atoms with Crippen molar-refractivity contribution in [1.29, 1.82) is 0 Å². The normalized spacial score (nSPS) is 10.2. The second kappa shape index (κ2) is 9.37. The van der Waals surface area contributed by atoms with E-state index in [1.807, 2.05) is 43.3 Å². The second-order valence-electron chi connectivity index (χ2n) is 6.08. The molecule has 0 aliphatic rings. The maximum Gasteiger partial charge on any atom is 0.338 e. The van der Waals surface area contributed by atoms with Gasteiger partial charge in [-0.2, -0.15) is 0 Å². The second-order valence-corrected chi connectivity index (χ2v) is 6.08. The van der Waals surface area contributed by atoms with Crippen molar-refractivity contribution in [2.24, 2.45) is 0 Å². The van der Waals surface area contributed by atoms with Gasteiger partial charge in [0.15, 0.2) is 0 Å². The van der Waals surface area contributed by atoms with Crippen LogP contribution in [0.3, 0.4) is 0 Å². The van der Waals surface area contributed by atoms with Gasteiger partial charge < -0.3 is 14.8 Å². The largest absolute Gasteiger partial charge is 0.462 e. The first-order valence-corrected chi connectivity index (χ1v) is 9.08. The molecular formula is C23H21NO4. The van der Waals surface area contributed by atoms with Gasteiger partial charge in [0.1, 0.15) is 11.5 Å². The number of nitrogens with one attached hydrogen (secondary N) is 1. The van der Waals surface area contributed by atoms with Crippen molar-refractivity contribution >= 4 is 17.6 Å². The first-order chi connectivity index (χ1) is 13.7. The van der Waals surface area contributed by atoms with Gasteiger partial charge in [-0.1, -0.05) is 37.3 Å². The Morgan fingerprint density at radius 3 is 2.25 bits per heavy atom. The van der Waals surface area contributed by atoms with Crippen LogP contribution in [0.4, 0.5) is 5.69 Å². The first-order valence-electron chi connectivity index (χ1n) is 9.08. The lowest BCUT2D eigenvalue weighted by Gasteiger charge is -2.11. The highest BCUT2D eigenvalue weighted by molar-refractivity contribution is 6.06. The molecule has 0 saturated carbocycles. The zero-order valence-electron chi connectivity index (χ0n) is 15.6. The first kappa shape index (κ1) is 19.2. The zero-order valence-corrected chi connectivity index (χ0v) is 15.6. The zero-order chi connectivity index (χ0) is 19.8. The summed E-state index contributed by atoms with van der Waals surface area (Å²) < 4.78 is 10.9. The van der Waals surface area contributed by atoms with Crippen molar-refractivity contribution < 1.29 is 19.1 Å². The molecule has 5 heteroatoms. The summed E-state index contributed by atoms with van der Waals surface area (Å²) in [6.45, 7) is 2.32. The van der Waals surface area contributed by atoms with Gasteiger partial charge in [-0.05, 0) is 55.0 Å². The minimum absolute atomic E-state index is 0.298. The van der Waals surface area contributed by atoms with Gasteiger partial charge in [-0.25, -0.2) is 4.79 Å². The summed E-state index contributed by atoms with van der Waals surface area (Å²) in [6.07, 6.45) is 0.768. The summed E-state index contributed by atoms with van der Waals surface area (Å²) in [4.78, 5) is 24.6. The molecule has 0 aliphatic carbocycles. The van der Waals surface area contributed by atoms with E-state index in [-0.39, 0.29) is 11.9 Å². The molecule has 0 aromatic heterocycles. The number of anilines is 1. The van der Waals surface area contributed by atoms with Crippen LogP contribution < -0.4 is 10.1 Å². The molecule has 28 heavy (non-hydrogen) atoms. The van der Waals surface area contributed by atoms with E-state index in [0.717, 1.165) is 6.42 Å². The molecule has 3 rings (SSSR count). The molecule has 1 amide bonds. The van der Waals surface area contributed by atoms with Gasteiger partial charge in [0, 0.05) is 5.69 Å². The maximum atomic E-state index is 12.7. The lowest BCUT2D eigenvalue weighted by atomic mass is 10.1. The SMILES string of the molecule is CCCOC(=O)c1ccc(NC(=O)c2ccccc2Oc2ccccc2)cc1. The fraction of sp³-hybridized carbons (Fsp3) is 0.130. The standard InChI is InChI=1S/C23H21NO4/c1-2-16-27-23(26)17-12-14-18(15-13-17)24-22(25)20-10-6-7-11-21(20)28-19-8-4-3-5-9-19/h3-15H,2,16H2,1H3,(H,24,25). The van der Waals surface area contributed by atoms with Gasteiger partial charge in [-0.3, -0.25) is 4.79 Å². The van der Waals surface area contributed by atoms with Crippen LogP contribution in [0.5, 0.6) is 11.5 Å². The topological polar surface area (TPSA) is 64.6 Å². The minimum Gasteiger partial charge on any atom is -0.462 e. The summed E-state index contributed by atoms with van der Waals surface area (Å²) in [5.74, 6) is 0.442. The Labute approximate surface area is 163 Å². The minimum atomic E-state index is -0.374. The van der Waals surface area contributed by atoms with Gasteiger partial charge in [0.2, 0.25) is 0 Å². The molecule has 142 valence electrons. The molecule has 0 spiro atoms. The fourth-order valence-corrected chi connectivity index (χ4v) is 2.52. The highest BCUT2D eigenvalue weighted by atomic mass is 16.5. The number of amides is 1. The maximum absolute atomic E-state index is 12.7. The lowest BCUT2D eigenvalue weighted by molar-refractivity contribution is 0.0505. The molecule has 5 nitrogen and oxygen atoms in total. The van der Waals surface area contributed by atoms with Crippen LogP contribution in [0.2, 0.25) is 0 Å². The molecule has 0 saturated heterocycles. The predicted molar refractivity (Wildman–Crippen MR) is 108 cm³/mol. The van der Waals surface area contributed by atoms with Crippen molar-refractivity contribution in [3.63, 3.8) is 0 Å². The van der Waals surface area contributed by atoms with E-state index in [0.29, 0.717) is 34.9 Å². The molecule has 0 bridgehead atoms. The van der Waals surface area contributed by atoms with Crippen molar-refractivity contribution in [1.82, 2.24) is 0 Å². The Morgan fingerprint density at radius 2 is 1.54 bits per heavy atom. The number of carbonyl (C=O) groups excluding carboxylic acids is 2. The third-order valence-electron chi connectivity index (χ3n) is 3.92. The molecule has 1 N–H and O–H groups in total. The van der Waals surface area contributed by atoms with Crippen LogP contribution >= 0.6 is 0 Å². The molecule has 0 aliphatic heterocycles. The summed E-state index contributed by atoms with van der Waals surface area (Å²) in [5, 5.41) is 2.82. The van der Waals surface area contributed by atoms with E-state index in [1.54, 1.807) is 42.5 Å². The van der Waals surface area contributed by atoms with Crippen LogP contribution in [0.1, 0.15) is 34.1 Å². The van der Waals surface area contributed by atoms with Crippen LogP contribution in [-0.4, -0.2) is 18.5 Å². The quantitative estimate of drug-likeness (QED) is 0.569. The number of hydrogen-bond acceptors (Lipinski definition) is 4. The Balaban J connectivity index is 1.70. The fourth-order valence-electron chi connectivity index (χ4n) is 2.52. The average molecular weight is 375 g/mol. The Hall–Kier alpha value is -3.60. The number of rotatable bonds is 7. The summed E-state index contributed by atoms with van der Waals surface area (Å²) in [5.41, 5.74) is 1.43. The summed E-state index contributed by atoms with van der Waals surface area (Å²) in [7, 11) is 0. The molecule has 0 atom stereocenters. The highest BCUT2D eigenvalue weighted by Crippen LogP contribution is 2.26. The molecule has 0 heterocycles. The number of carbonyl (C=O) groups is 2. The molecule has 3 aromatic rings. The van der Waals surface area contributed by atoms with Gasteiger partial charge in [0.05, 0.1) is 17.7 Å². The van der Waals surface area contributed by atoms with E-state index in [2.05, 4.69) is 5.32 Å². The molecule has 0 unspecified atom stereocenters. The summed E-state index contributed by atoms with van der Waals surface area (Å²) in [6, 6.07) is 22.9. The predicted octanol–water partition coefficient (Wildman–Crippen LogP) is 5.30. The average Bonchev–Trinajstić information content (AvgIpc) is 2.73. The molecular weight excluding hydrogens is 354 g/mol. The van der Waals surface area contributed by atoms with Crippen molar-refractivity contribution in [3.8, 4) is 11.5 Å². The Kier molecular flexibility index (Phi) is 6.41. The Bertz CT molecular complexity index is 936. The molecule has 0 fully saturated rings. The third-order valence-corrected chi connectivity index (χ3v) is 3.92. The molecule has 0 radical (unpaired) electrons. The highest BCUT2D eigenvalue weighted by Gasteiger charge is 2.14. The van der Waals surface area contributed by atoms with E-state index in [9.17, 15) is 9.59 Å². The van der Waals surface area contributed by atoms with Crippen LogP contribution in [-0.2, 0) is 4.74 Å². The third kappa shape index (κ3) is 4.98. The van der Waals surface area contributed by atoms with Crippen molar-refractivity contribution in [3.05, 3.63) is 90.0 Å². The van der Waals surface area contributed by atoms with Crippen LogP contribution in [0.25, 0.3) is 0 Å². The molecule has 3 aromatic carbocycles. The summed E-state index contributed by atoms with van der Waals surface area (Å²) >= 11 is 0. The number of benzene rings is 3.